The van der Waals surface area contributed by atoms with E-state index in [2.05, 4.69) is 9.71 Å². The van der Waals surface area contributed by atoms with Gasteiger partial charge in [-0.1, -0.05) is 29.8 Å². The molecule has 0 saturated heterocycles. The van der Waals surface area contributed by atoms with E-state index in [1.165, 1.54) is 11.3 Å². The molecular weight excluding hydrogens is 360 g/mol. The van der Waals surface area contributed by atoms with Crippen LogP contribution in [0.3, 0.4) is 0 Å². The van der Waals surface area contributed by atoms with Crippen molar-refractivity contribution in [2.75, 3.05) is 0 Å². The molecule has 0 aliphatic carbocycles. The second-order valence-electron chi connectivity index (χ2n) is 5.63. The Kier molecular flexibility index (Phi) is 4.87. The van der Waals surface area contributed by atoms with E-state index in [1.807, 2.05) is 50.4 Å². The average Bonchev–Trinajstić information content (AvgIpc) is 3.15. The lowest BCUT2D eigenvalue weighted by Crippen LogP contribution is -2.22. The molecule has 126 valence electrons. The molecule has 1 aromatic carbocycles. The summed E-state index contributed by atoms with van der Waals surface area (Å²) in [6, 6.07) is 9.50. The Morgan fingerprint density at radius 3 is 2.46 bits per heavy atom. The predicted octanol–water partition coefficient (Wildman–Crippen LogP) is 4.28. The van der Waals surface area contributed by atoms with Crippen LogP contribution in [0.25, 0.3) is 10.6 Å². The highest BCUT2D eigenvalue weighted by atomic mass is 32.2. The van der Waals surface area contributed by atoms with Crippen molar-refractivity contribution < 1.29 is 8.42 Å². The van der Waals surface area contributed by atoms with E-state index in [-0.39, 0.29) is 6.54 Å². The van der Waals surface area contributed by atoms with Gasteiger partial charge in [0.15, 0.2) is 0 Å². The summed E-state index contributed by atoms with van der Waals surface area (Å²) in [5, 5.41) is 2.71. The fraction of sp³-hybridized carbons (Fsp3) is 0.235. The zero-order chi connectivity index (χ0) is 17.3. The van der Waals surface area contributed by atoms with Crippen LogP contribution in [0, 0.1) is 20.8 Å². The Hall–Kier alpha value is -1.54. The molecule has 2 heterocycles. The number of nitrogens with zero attached hydrogens (tertiary/aromatic N) is 1. The van der Waals surface area contributed by atoms with Crippen molar-refractivity contribution in [2.24, 2.45) is 0 Å². The molecule has 4 nitrogen and oxygen atoms in total. The van der Waals surface area contributed by atoms with Crippen LogP contribution in [0.1, 0.15) is 21.7 Å². The lowest BCUT2D eigenvalue weighted by Gasteiger charge is -2.05. The average molecular weight is 379 g/mol. The van der Waals surface area contributed by atoms with Crippen molar-refractivity contribution in [1.29, 1.82) is 0 Å². The molecule has 0 amide bonds. The number of hydrogen-bond acceptors (Lipinski definition) is 5. The highest BCUT2D eigenvalue weighted by Gasteiger charge is 2.18. The maximum absolute atomic E-state index is 12.5. The summed E-state index contributed by atoms with van der Waals surface area (Å²) in [7, 11) is -3.51. The third-order valence-corrected chi connectivity index (χ3v) is 7.67. The van der Waals surface area contributed by atoms with Crippen LogP contribution in [-0.2, 0) is 16.6 Å². The van der Waals surface area contributed by atoms with Gasteiger partial charge < -0.3 is 0 Å². The Morgan fingerprint density at radius 1 is 1.12 bits per heavy atom. The summed E-state index contributed by atoms with van der Waals surface area (Å²) in [6.45, 7) is 6.26. The van der Waals surface area contributed by atoms with Gasteiger partial charge in [-0.05, 0) is 32.4 Å². The first-order valence-electron chi connectivity index (χ1n) is 7.43. The Labute approximate surface area is 150 Å². The number of nitrogens with one attached hydrogen (secondary N) is 1. The molecule has 1 N–H and O–H groups in total. The number of aryl methyl sites for hydroxylation is 3. The summed E-state index contributed by atoms with van der Waals surface area (Å²) in [6.07, 6.45) is 0. The van der Waals surface area contributed by atoms with Gasteiger partial charge in [-0.2, -0.15) is 0 Å². The van der Waals surface area contributed by atoms with Crippen molar-refractivity contribution in [3.63, 3.8) is 0 Å². The van der Waals surface area contributed by atoms with E-state index >= 15 is 0 Å². The van der Waals surface area contributed by atoms with Gasteiger partial charge >= 0.3 is 0 Å². The van der Waals surface area contributed by atoms with E-state index in [0.29, 0.717) is 4.21 Å². The van der Waals surface area contributed by atoms with E-state index in [0.717, 1.165) is 32.3 Å². The summed E-state index contributed by atoms with van der Waals surface area (Å²) in [4.78, 5) is 5.64. The molecule has 0 aliphatic heterocycles. The van der Waals surface area contributed by atoms with E-state index in [4.69, 9.17) is 0 Å². The first kappa shape index (κ1) is 17.3. The Bertz CT molecular complexity index is 935. The highest BCUT2D eigenvalue weighted by Crippen LogP contribution is 2.32. The van der Waals surface area contributed by atoms with Crippen LogP contribution in [0.2, 0.25) is 0 Å². The fourth-order valence-electron chi connectivity index (χ4n) is 2.12. The number of aromatic nitrogens is 1. The molecule has 24 heavy (non-hydrogen) atoms. The molecule has 3 rings (SSSR count). The summed E-state index contributed by atoms with van der Waals surface area (Å²) >= 11 is 2.80. The van der Waals surface area contributed by atoms with Gasteiger partial charge in [0.05, 0.1) is 5.69 Å². The van der Waals surface area contributed by atoms with Gasteiger partial charge in [-0.3, -0.25) is 0 Å². The van der Waals surface area contributed by atoms with Crippen LogP contribution in [0.4, 0.5) is 0 Å². The van der Waals surface area contributed by atoms with Gasteiger partial charge in [-0.25, -0.2) is 18.1 Å². The quantitative estimate of drug-likeness (QED) is 0.721. The smallest absolute Gasteiger partial charge is 0.241 e. The van der Waals surface area contributed by atoms with E-state index in [9.17, 15) is 8.42 Å². The van der Waals surface area contributed by atoms with E-state index < -0.39 is 10.0 Å². The first-order chi connectivity index (χ1) is 11.3. The molecule has 0 aliphatic rings. The van der Waals surface area contributed by atoms with Gasteiger partial charge in [0.25, 0.3) is 0 Å². The maximum atomic E-state index is 12.5. The molecule has 0 fully saturated rings. The molecule has 2 aromatic heterocycles. The van der Waals surface area contributed by atoms with Crippen molar-refractivity contribution in [3.05, 3.63) is 57.4 Å². The summed E-state index contributed by atoms with van der Waals surface area (Å²) < 4.78 is 27.9. The molecule has 0 atom stereocenters. The van der Waals surface area contributed by atoms with Gasteiger partial charge in [-0.15, -0.1) is 22.7 Å². The van der Waals surface area contributed by atoms with Gasteiger partial charge in [0.2, 0.25) is 10.0 Å². The number of benzene rings is 1. The zero-order valence-corrected chi connectivity index (χ0v) is 16.1. The highest BCUT2D eigenvalue weighted by molar-refractivity contribution is 7.91. The largest absolute Gasteiger partial charge is 0.250 e. The summed E-state index contributed by atoms with van der Waals surface area (Å²) in [5.41, 5.74) is 3.94. The van der Waals surface area contributed by atoms with Crippen LogP contribution in [0.15, 0.2) is 39.9 Å². The molecule has 0 spiro atoms. The molecule has 0 bridgehead atoms. The second-order valence-corrected chi connectivity index (χ2v) is 9.73. The standard InChI is InChI=1S/C17H18N2O2S3/c1-11-4-6-14(7-5-11)9-18-24(20,21)16-8-15(10-22-16)17-19-12(2)13(3)23-17/h4-8,10,18H,9H2,1-3H3. The Morgan fingerprint density at radius 2 is 1.83 bits per heavy atom. The third-order valence-electron chi connectivity index (χ3n) is 3.70. The monoisotopic (exact) mass is 378 g/mol. The SMILES string of the molecule is Cc1ccc(CNS(=O)(=O)c2cc(-c3nc(C)c(C)s3)cs2)cc1. The van der Waals surface area contributed by atoms with Crippen LogP contribution in [0.5, 0.6) is 0 Å². The van der Waals surface area contributed by atoms with Crippen molar-refractivity contribution in [1.82, 2.24) is 9.71 Å². The zero-order valence-electron chi connectivity index (χ0n) is 13.7. The number of thiophene rings is 1. The molecule has 3 aromatic rings. The number of rotatable bonds is 5. The minimum Gasteiger partial charge on any atom is -0.241 e. The molecule has 0 saturated carbocycles. The molecular formula is C17H18N2O2S3. The lowest BCUT2D eigenvalue weighted by atomic mass is 10.2. The van der Waals surface area contributed by atoms with Gasteiger partial charge in [0.1, 0.15) is 9.22 Å². The molecule has 0 unspecified atom stereocenters. The molecule has 0 radical (unpaired) electrons. The normalized spacial score (nSPS) is 11.8. The van der Waals surface area contributed by atoms with Crippen molar-refractivity contribution >= 4 is 32.7 Å². The minimum atomic E-state index is -3.51. The van der Waals surface area contributed by atoms with Crippen molar-refractivity contribution in [3.8, 4) is 10.6 Å². The fourth-order valence-corrected chi connectivity index (χ4v) is 5.32. The third kappa shape index (κ3) is 3.75. The number of thiazole rings is 1. The predicted molar refractivity (Wildman–Crippen MR) is 100 cm³/mol. The van der Waals surface area contributed by atoms with Gasteiger partial charge in [0, 0.05) is 22.4 Å². The lowest BCUT2D eigenvalue weighted by molar-refractivity contribution is 0.583. The maximum Gasteiger partial charge on any atom is 0.250 e. The second kappa shape index (κ2) is 6.76. The molecule has 7 heteroatoms. The number of hydrogen-bond donors (Lipinski definition) is 1. The first-order valence-corrected chi connectivity index (χ1v) is 10.6. The number of sulfonamides is 1. The van der Waals surface area contributed by atoms with E-state index in [1.54, 1.807) is 17.4 Å². The minimum absolute atomic E-state index is 0.283. The summed E-state index contributed by atoms with van der Waals surface area (Å²) in [5.74, 6) is 0. The van der Waals surface area contributed by atoms with Crippen LogP contribution >= 0.6 is 22.7 Å². The van der Waals surface area contributed by atoms with Crippen LogP contribution < -0.4 is 4.72 Å². The van der Waals surface area contributed by atoms with Crippen LogP contribution in [-0.4, -0.2) is 13.4 Å². The van der Waals surface area contributed by atoms with Crippen molar-refractivity contribution in [2.45, 2.75) is 31.5 Å². The topological polar surface area (TPSA) is 59.1 Å². The Balaban J connectivity index is 1.76.